The third kappa shape index (κ3) is 6.14. The monoisotopic (exact) mass is 482 g/mol. The fourth-order valence-electron chi connectivity index (χ4n) is 3.79. The predicted octanol–water partition coefficient (Wildman–Crippen LogP) is 6.19. The molecule has 2 amide bonds. The Balaban J connectivity index is 1.97. The molecule has 0 aliphatic rings. The lowest BCUT2D eigenvalue weighted by Crippen LogP contribution is -2.19. The molecule has 3 N–H and O–H groups in total. The number of hydrogen-bond acceptors (Lipinski definition) is 4. The minimum absolute atomic E-state index is 0.120. The minimum Gasteiger partial charge on any atom is -0.464 e. The zero-order valence-corrected chi connectivity index (χ0v) is 21.5. The Labute approximate surface area is 202 Å². The maximum Gasteiger partial charge on any atom is 0.354 e. The van der Waals surface area contributed by atoms with E-state index in [0.29, 0.717) is 10.6 Å². The zero-order chi connectivity index (χ0) is 25.0. The number of carbonyl (C=O) groups excluding carboxylic acids is 1. The molecule has 0 spiro atoms. The van der Waals surface area contributed by atoms with Gasteiger partial charge in [0.1, 0.15) is 15.7 Å². The van der Waals surface area contributed by atoms with Crippen LogP contribution in [0, 0.1) is 0 Å². The number of amides is 2. The van der Waals surface area contributed by atoms with Gasteiger partial charge in [-0.15, -0.1) is 4.36 Å². The highest BCUT2D eigenvalue weighted by molar-refractivity contribution is 7.91. The van der Waals surface area contributed by atoms with Crippen molar-refractivity contribution in [3.63, 3.8) is 0 Å². The van der Waals surface area contributed by atoms with E-state index >= 15 is 0 Å². The molecule has 8 heteroatoms. The molecular formula is C26H34N4O3S. The Morgan fingerprint density at radius 1 is 1.06 bits per heavy atom. The van der Waals surface area contributed by atoms with Gasteiger partial charge in [0.15, 0.2) is 0 Å². The van der Waals surface area contributed by atoms with E-state index in [0.717, 1.165) is 34.6 Å². The molecule has 34 heavy (non-hydrogen) atoms. The second-order valence-corrected chi connectivity index (χ2v) is 11.1. The lowest BCUT2D eigenvalue weighted by Gasteiger charge is -2.21. The topological polar surface area (TPSA) is 101 Å². The summed E-state index contributed by atoms with van der Waals surface area (Å²) >= 11 is 0. The minimum atomic E-state index is -3.40. The van der Waals surface area contributed by atoms with E-state index in [2.05, 4.69) is 37.4 Å². The van der Waals surface area contributed by atoms with Crippen molar-refractivity contribution in [1.82, 2.24) is 4.90 Å². The molecule has 1 aromatic heterocycles. The molecule has 0 radical (unpaired) electrons. The second-order valence-electron chi connectivity index (χ2n) is 9.29. The summed E-state index contributed by atoms with van der Waals surface area (Å²) < 4.78 is 22.6. The Morgan fingerprint density at radius 2 is 1.65 bits per heavy atom. The standard InChI is InChI=1S/C26H34N4O3S/c1-17(2)22-14-20(24-8-7-13-33-24)15-23(18(3)4)25(22)28-26(31)29-34(27,32)21-11-9-19(10-12-21)16-30(5)6/h7-15,17-18H,16H2,1-6H3,(H3,27,28,29,31,32). The van der Waals surface area contributed by atoms with Crippen LogP contribution in [0.4, 0.5) is 10.5 Å². The molecule has 0 aliphatic heterocycles. The van der Waals surface area contributed by atoms with E-state index in [1.54, 1.807) is 18.4 Å². The van der Waals surface area contributed by atoms with E-state index in [1.807, 2.05) is 55.4 Å². The molecule has 0 fully saturated rings. The van der Waals surface area contributed by atoms with E-state index in [-0.39, 0.29) is 11.8 Å². The molecule has 3 rings (SSSR count). The number of nitrogens with one attached hydrogen (secondary N) is 1. The molecule has 1 unspecified atom stereocenters. The van der Waals surface area contributed by atoms with E-state index in [9.17, 15) is 9.00 Å². The van der Waals surface area contributed by atoms with Gasteiger partial charge in [0.05, 0.1) is 11.2 Å². The van der Waals surface area contributed by atoms with Gasteiger partial charge in [0, 0.05) is 17.8 Å². The number of furan rings is 1. The molecule has 182 valence electrons. The van der Waals surface area contributed by atoms with Gasteiger partial charge in [-0.2, -0.15) is 0 Å². The number of benzene rings is 2. The third-order valence-electron chi connectivity index (χ3n) is 5.46. The van der Waals surface area contributed by atoms with Gasteiger partial charge in [0.25, 0.3) is 0 Å². The quantitative estimate of drug-likeness (QED) is 0.419. The average molecular weight is 483 g/mol. The van der Waals surface area contributed by atoms with Crippen molar-refractivity contribution in [1.29, 1.82) is 0 Å². The first-order valence-corrected chi connectivity index (χ1v) is 12.9. The van der Waals surface area contributed by atoms with Gasteiger partial charge in [0.2, 0.25) is 0 Å². The number of nitrogens with two attached hydrogens (primary N) is 1. The highest BCUT2D eigenvalue weighted by Gasteiger charge is 2.20. The molecule has 1 atom stereocenters. The highest BCUT2D eigenvalue weighted by atomic mass is 32.2. The smallest absolute Gasteiger partial charge is 0.354 e. The van der Waals surface area contributed by atoms with Crippen LogP contribution in [0.5, 0.6) is 0 Å². The van der Waals surface area contributed by atoms with Crippen LogP contribution in [0.1, 0.15) is 56.2 Å². The number of rotatable bonds is 7. The summed E-state index contributed by atoms with van der Waals surface area (Å²) in [6.45, 7) is 8.96. The van der Waals surface area contributed by atoms with Crippen LogP contribution in [0.25, 0.3) is 11.3 Å². The summed E-state index contributed by atoms with van der Waals surface area (Å²) in [6.07, 6.45) is 1.64. The molecule has 3 aromatic rings. The molecule has 1 heterocycles. The summed E-state index contributed by atoms with van der Waals surface area (Å²) in [5, 5.41) is 8.88. The van der Waals surface area contributed by atoms with Crippen LogP contribution >= 0.6 is 0 Å². The zero-order valence-electron chi connectivity index (χ0n) is 20.7. The number of nitrogens with zero attached hydrogens (tertiary/aromatic N) is 2. The maximum absolute atomic E-state index is 13.1. The normalized spacial score (nSPS) is 13.4. The maximum atomic E-state index is 13.1. The van der Waals surface area contributed by atoms with E-state index in [1.165, 1.54) is 0 Å². The van der Waals surface area contributed by atoms with Gasteiger partial charge in [-0.1, -0.05) is 39.8 Å². The SMILES string of the molecule is CC(C)c1cc(-c2ccco2)cc(C(C)C)c1NC(=O)N=S(N)(=O)c1ccc(CN(C)C)cc1. The Kier molecular flexibility index (Phi) is 7.97. The van der Waals surface area contributed by atoms with Crippen LogP contribution in [0.2, 0.25) is 0 Å². The molecule has 2 aromatic carbocycles. The van der Waals surface area contributed by atoms with Crippen molar-refractivity contribution < 1.29 is 13.4 Å². The summed E-state index contributed by atoms with van der Waals surface area (Å²) in [4.78, 5) is 15.3. The number of hydrogen-bond donors (Lipinski definition) is 2. The molecule has 0 saturated carbocycles. The first-order valence-electron chi connectivity index (χ1n) is 11.3. The lowest BCUT2D eigenvalue weighted by atomic mass is 9.89. The third-order valence-corrected chi connectivity index (χ3v) is 6.84. The Morgan fingerprint density at radius 3 is 2.12 bits per heavy atom. The second kappa shape index (κ2) is 10.5. The van der Waals surface area contributed by atoms with Crippen LogP contribution in [-0.4, -0.2) is 29.2 Å². The van der Waals surface area contributed by atoms with Crippen molar-refractivity contribution >= 4 is 21.6 Å². The van der Waals surface area contributed by atoms with Crippen molar-refractivity contribution in [3.8, 4) is 11.3 Å². The van der Waals surface area contributed by atoms with Gasteiger partial charge >= 0.3 is 6.03 Å². The molecule has 0 aliphatic carbocycles. The van der Waals surface area contributed by atoms with Crippen molar-refractivity contribution in [2.75, 3.05) is 19.4 Å². The van der Waals surface area contributed by atoms with Crippen molar-refractivity contribution in [2.45, 2.75) is 51.0 Å². The van der Waals surface area contributed by atoms with Crippen molar-refractivity contribution in [2.24, 2.45) is 9.50 Å². The summed E-state index contributed by atoms with van der Waals surface area (Å²) in [5.41, 5.74) is 4.54. The fourth-order valence-corrected chi connectivity index (χ4v) is 4.71. The number of urea groups is 1. The highest BCUT2D eigenvalue weighted by Crippen LogP contribution is 2.37. The number of anilines is 1. The first-order chi connectivity index (χ1) is 16.0. The fraction of sp³-hybridized carbons (Fsp3) is 0.346. The van der Waals surface area contributed by atoms with E-state index < -0.39 is 15.9 Å². The first kappa shape index (κ1) is 25.7. The number of carbonyl (C=O) groups is 1. The van der Waals surface area contributed by atoms with Crippen LogP contribution in [0.15, 0.2) is 68.5 Å². The lowest BCUT2D eigenvalue weighted by molar-refractivity contribution is 0.260. The van der Waals surface area contributed by atoms with Gasteiger partial charge in [-0.05, 0) is 79.0 Å². The van der Waals surface area contributed by atoms with E-state index in [4.69, 9.17) is 9.56 Å². The van der Waals surface area contributed by atoms with Crippen LogP contribution < -0.4 is 10.5 Å². The molecular weight excluding hydrogens is 448 g/mol. The van der Waals surface area contributed by atoms with Gasteiger partial charge in [-0.3, -0.25) is 0 Å². The molecule has 0 bridgehead atoms. The largest absolute Gasteiger partial charge is 0.464 e. The van der Waals surface area contributed by atoms with Gasteiger partial charge < -0.3 is 14.6 Å². The summed E-state index contributed by atoms with van der Waals surface area (Å²) in [5.74, 6) is 0.998. The molecule has 7 nitrogen and oxygen atoms in total. The summed E-state index contributed by atoms with van der Waals surface area (Å²) in [6, 6.07) is 14.0. The van der Waals surface area contributed by atoms with Crippen molar-refractivity contribution in [3.05, 3.63) is 71.5 Å². The van der Waals surface area contributed by atoms with Crippen LogP contribution in [-0.2, 0) is 16.5 Å². The average Bonchev–Trinajstić information content (AvgIpc) is 3.28. The van der Waals surface area contributed by atoms with Crippen LogP contribution in [0.3, 0.4) is 0 Å². The Hall–Kier alpha value is -2.94. The predicted molar refractivity (Wildman–Crippen MR) is 138 cm³/mol. The molecule has 0 saturated heterocycles. The summed E-state index contributed by atoms with van der Waals surface area (Å²) in [7, 11) is 0.539. The Bertz CT molecular complexity index is 1220. The van der Waals surface area contributed by atoms with Gasteiger partial charge in [-0.25, -0.2) is 14.1 Å².